The second kappa shape index (κ2) is 4.50. The van der Waals surface area contributed by atoms with Gasteiger partial charge in [0.05, 0.1) is 5.69 Å². The maximum absolute atomic E-state index is 4.62. The van der Waals surface area contributed by atoms with Gasteiger partial charge in [0.2, 0.25) is 0 Å². The van der Waals surface area contributed by atoms with E-state index in [1.54, 1.807) is 6.20 Å². The second-order valence-corrected chi connectivity index (χ2v) is 5.18. The van der Waals surface area contributed by atoms with Crippen molar-refractivity contribution in [3.05, 3.63) is 53.9 Å². The highest BCUT2D eigenvalue weighted by Gasteiger charge is 2.08. The third-order valence-electron chi connectivity index (χ3n) is 3.46. The van der Waals surface area contributed by atoms with Gasteiger partial charge in [0, 0.05) is 18.0 Å². The zero-order chi connectivity index (χ0) is 13.4. The molecule has 3 aromatic rings. The molecule has 3 rings (SSSR count). The Labute approximate surface area is 112 Å². The van der Waals surface area contributed by atoms with Gasteiger partial charge in [0.25, 0.3) is 0 Å². The molecule has 0 atom stereocenters. The zero-order valence-corrected chi connectivity index (χ0v) is 11.5. The van der Waals surface area contributed by atoms with E-state index in [1.165, 1.54) is 16.7 Å². The SMILES string of the molecule is Cc1ccc(C(C)C)cc1-c1ccc2nccn2n1. The van der Waals surface area contributed by atoms with E-state index in [2.05, 4.69) is 49.1 Å². The Bertz CT molecular complexity index is 726. The van der Waals surface area contributed by atoms with Crippen molar-refractivity contribution in [2.75, 3.05) is 0 Å². The van der Waals surface area contributed by atoms with Crippen molar-refractivity contribution in [2.24, 2.45) is 0 Å². The van der Waals surface area contributed by atoms with Gasteiger partial charge in [-0.05, 0) is 42.2 Å². The minimum atomic E-state index is 0.524. The van der Waals surface area contributed by atoms with E-state index in [1.807, 2.05) is 22.8 Å². The molecule has 0 aliphatic rings. The number of hydrogen-bond donors (Lipinski definition) is 0. The van der Waals surface area contributed by atoms with Gasteiger partial charge in [-0.2, -0.15) is 5.10 Å². The van der Waals surface area contributed by atoms with Crippen LogP contribution in [0.25, 0.3) is 16.9 Å². The van der Waals surface area contributed by atoms with Crippen molar-refractivity contribution in [1.29, 1.82) is 0 Å². The quantitative estimate of drug-likeness (QED) is 0.693. The van der Waals surface area contributed by atoms with Crippen molar-refractivity contribution in [2.45, 2.75) is 26.7 Å². The Hall–Kier alpha value is -2.16. The molecule has 96 valence electrons. The minimum absolute atomic E-state index is 0.524. The smallest absolute Gasteiger partial charge is 0.153 e. The molecule has 0 spiro atoms. The van der Waals surface area contributed by atoms with E-state index >= 15 is 0 Å². The topological polar surface area (TPSA) is 30.2 Å². The Morgan fingerprint density at radius 2 is 1.95 bits per heavy atom. The van der Waals surface area contributed by atoms with Crippen LogP contribution in [0.15, 0.2) is 42.7 Å². The van der Waals surface area contributed by atoms with Gasteiger partial charge in [0.15, 0.2) is 5.65 Å². The predicted octanol–water partition coefficient (Wildman–Crippen LogP) is 3.83. The number of imidazole rings is 1. The molecule has 2 aromatic heterocycles. The van der Waals surface area contributed by atoms with E-state index in [-0.39, 0.29) is 0 Å². The summed E-state index contributed by atoms with van der Waals surface area (Å²) in [5.41, 5.74) is 5.65. The lowest BCUT2D eigenvalue weighted by atomic mass is 9.96. The molecule has 0 bridgehead atoms. The van der Waals surface area contributed by atoms with Crippen molar-refractivity contribution < 1.29 is 0 Å². The van der Waals surface area contributed by atoms with Crippen molar-refractivity contribution in [3.8, 4) is 11.3 Å². The molecular formula is C16H17N3. The molecule has 0 aliphatic carbocycles. The highest BCUT2D eigenvalue weighted by atomic mass is 15.2. The maximum atomic E-state index is 4.62. The first kappa shape index (κ1) is 11.9. The number of nitrogens with zero attached hydrogens (tertiary/aromatic N) is 3. The summed E-state index contributed by atoms with van der Waals surface area (Å²) in [6.07, 6.45) is 3.64. The lowest BCUT2D eigenvalue weighted by molar-refractivity contribution is 0.865. The summed E-state index contributed by atoms with van der Waals surface area (Å²) in [6, 6.07) is 10.6. The van der Waals surface area contributed by atoms with Crippen LogP contribution >= 0.6 is 0 Å². The summed E-state index contributed by atoms with van der Waals surface area (Å²) in [7, 11) is 0. The van der Waals surface area contributed by atoms with E-state index in [0.29, 0.717) is 5.92 Å². The summed E-state index contributed by atoms with van der Waals surface area (Å²) in [4.78, 5) is 4.22. The van der Waals surface area contributed by atoms with Gasteiger partial charge in [-0.3, -0.25) is 0 Å². The van der Waals surface area contributed by atoms with Gasteiger partial charge in [0.1, 0.15) is 0 Å². The fourth-order valence-corrected chi connectivity index (χ4v) is 2.23. The lowest BCUT2D eigenvalue weighted by Crippen LogP contribution is -1.96. The summed E-state index contributed by atoms with van der Waals surface area (Å²) in [5.74, 6) is 0.524. The van der Waals surface area contributed by atoms with E-state index in [4.69, 9.17) is 0 Å². The number of benzene rings is 1. The Balaban J connectivity index is 2.16. The van der Waals surface area contributed by atoms with Crippen molar-refractivity contribution in [1.82, 2.24) is 14.6 Å². The molecule has 1 aromatic carbocycles. The fourth-order valence-electron chi connectivity index (χ4n) is 2.23. The van der Waals surface area contributed by atoms with Gasteiger partial charge >= 0.3 is 0 Å². The molecule has 0 fully saturated rings. The van der Waals surface area contributed by atoms with Crippen molar-refractivity contribution >= 4 is 5.65 Å². The third-order valence-corrected chi connectivity index (χ3v) is 3.46. The Kier molecular flexibility index (Phi) is 2.82. The van der Waals surface area contributed by atoms with Crippen LogP contribution in [0.1, 0.15) is 30.9 Å². The van der Waals surface area contributed by atoms with Crippen LogP contribution < -0.4 is 0 Å². The first-order valence-corrected chi connectivity index (χ1v) is 6.56. The van der Waals surface area contributed by atoms with E-state index < -0.39 is 0 Å². The molecule has 2 heterocycles. The number of aryl methyl sites for hydroxylation is 1. The van der Waals surface area contributed by atoms with E-state index in [0.717, 1.165) is 11.3 Å². The Morgan fingerprint density at radius 1 is 1.11 bits per heavy atom. The van der Waals surface area contributed by atoms with Gasteiger partial charge in [-0.15, -0.1) is 0 Å². The molecule has 0 amide bonds. The monoisotopic (exact) mass is 251 g/mol. The largest absolute Gasteiger partial charge is 0.236 e. The van der Waals surface area contributed by atoms with Gasteiger partial charge < -0.3 is 0 Å². The van der Waals surface area contributed by atoms with Crippen LogP contribution in [-0.2, 0) is 0 Å². The zero-order valence-electron chi connectivity index (χ0n) is 11.5. The standard InChI is InChI=1S/C16H17N3/c1-11(2)13-5-4-12(3)14(10-13)15-6-7-16-17-8-9-19(16)18-15/h4-11H,1-3H3. The molecule has 3 nitrogen and oxygen atoms in total. The first-order valence-electron chi connectivity index (χ1n) is 6.56. The van der Waals surface area contributed by atoms with Crippen LogP contribution in [0.3, 0.4) is 0 Å². The second-order valence-electron chi connectivity index (χ2n) is 5.18. The summed E-state index contributed by atoms with van der Waals surface area (Å²) in [5, 5.41) is 4.62. The van der Waals surface area contributed by atoms with Crippen LogP contribution in [0.5, 0.6) is 0 Å². The number of fused-ring (bicyclic) bond motifs is 1. The normalized spacial score (nSPS) is 11.4. The summed E-state index contributed by atoms with van der Waals surface area (Å²) in [6.45, 7) is 6.54. The summed E-state index contributed by atoms with van der Waals surface area (Å²) >= 11 is 0. The fraction of sp³-hybridized carbons (Fsp3) is 0.250. The van der Waals surface area contributed by atoms with Crippen LogP contribution in [0.4, 0.5) is 0 Å². The lowest BCUT2D eigenvalue weighted by Gasteiger charge is -2.11. The molecule has 0 saturated carbocycles. The first-order chi connectivity index (χ1) is 9.15. The third kappa shape index (κ3) is 2.12. The van der Waals surface area contributed by atoms with Crippen LogP contribution in [0.2, 0.25) is 0 Å². The molecular weight excluding hydrogens is 234 g/mol. The Morgan fingerprint density at radius 3 is 2.74 bits per heavy atom. The molecule has 19 heavy (non-hydrogen) atoms. The molecule has 0 unspecified atom stereocenters. The predicted molar refractivity (Wildman–Crippen MR) is 77.2 cm³/mol. The molecule has 0 N–H and O–H groups in total. The van der Waals surface area contributed by atoms with E-state index in [9.17, 15) is 0 Å². The average Bonchev–Trinajstić information content (AvgIpc) is 2.86. The summed E-state index contributed by atoms with van der Waals surface area (Å²) < 4.78 is 1.82. The molecule has 3 heteroatoms. The highest BCUT2D eigenvalue weighted by Crippen LogP contribution is 2.26. The molecule has 0 radical (unpaired) electrons. The highest BCUT2D eigenvalue weighted by molar-refractivity contribution is 5.65. The number of hydrogen-bond acceptors (Lipinski definition) is 2. The number of rotatable bonds is 2. The number of aromatic nitrogens is 3. The minimum Gasteiger partial charge on any atom is -0.236 e. The molecule has 0 aliphatic heterocycles. The average molecular weight is 251 g/mol. The maximum Gasteiger partial charge on any atom is 0.153 e. The van der Waals surface area contributed by atoms with Crippen LogP contribution in [-0.4, -0.2) is 14.6 Å². The van der Waals surface area contributed by atoms with Gasteiger partial charge in [-0.1, -0.05) is 26.0 Å². The van der Waals surface area contributed by atoms with Crippen molar-refractivity contribution in [3.63, 3.8) is 0 Å². The molecule has 0 saturated heterocycles. The van der Waals surface area contributed by atoms with Crippen LogP contribution in [0, 0.1) is 6.92 Å². The van der Waals surface area contributed by atoms with Gasteiger partial charge in [-0.25, -0.2) is 9.50 Å².